The second-order valence-corrected chi connectivity index (χ2v) is 9.76. The Morgan fingerprint density at radius 1 is 0.900 bits per heavy atom. The Morgan fingerprint density at radius 2 is 1.65 bits per heavy atom. The fourth-order valence-electron chi connectivity index (χ4n) is 5.26. The molecule has 1 saturated heterocycles. The standard InChI is InChI=1S/C30H40N4O6/c1-6-32-15-8-16-33(29(35)31-26-18-23(37-2)11-13-27(26)39-4)14-7-9-22-10-12-25-21(20-34(22)30(32)36)17-24(38-3)19-28(25)40-5/h10-11,13,17-19H,6-9,12,14-16,20H2,1-5H3,(H,31,35). The van der Waals surface area contributed by atoms with E-state index in [9.17, 15) is 9.59 Å². The van der Waals surface area contributed by atoms with Crippen LogP contribution in [0.2, 0.25) is 0 Å². The Balaban J connectivity index is 1.57. The number of anilines is 1. The topological polar surface area (TPSA) is 92.8 Å². The van der Waals surface area contributed by atoms with Crippen molar-refractivity contribution in [3.05, 3.63) is 53.2 Å². The number of amides is 4. The van der Waals surface area contributed by atoms with Crippen molar-refractivity contribution in [1.82, 2.24) is 14.7 Å². The second kappa shape index (κ2) is 13.3. The van der Waals surface area contributed by atoms with Crippen LogP contribution in [0.15, 0.2) is 42.1 Å². The molecule has 0 unspecified atom stereocenters. The molecule has 1 N–H and O–H groups in total. The summed E-state index contributed by atoms with van der Waals surface area (Å²) in [7, 11) is 6.43. The summed E-state index contributed by atoms with van der Waals surface area (Å²) in [5.74, 6) is 2.64. The first-order valence-corrected chi connectivity index (χ1v) is 13.7. The Labute approximate surface area is 236 Å². The summed E-state index contributed by atoms with van der Waals surface area (Å²) in [6.07, 6.45) is 4.79. The van der Waals surface area contributed by atoms with Crippen LogP contribution in [0.25, 0.3) is 0 Å². The SMILES string of the molecule is CCN1CCCN(C(=O)Nc2cc(OC)ccc2OC)CCCC2=CCc3c(cc(OC)cc3OC)CN2C1=O. The minimum atomic E-state index is -0.212. The zero-order chi connectivity index (χ0) is 28.6. The third-order valence-corrected chi connectivity index (χ3v) is 7.48. The summed E-state index contributed by atoms with van der Waals surface area (Å²) in [6, 6.07) is 8.93. The zero-order valence-electron chi connectivity index (χ0n) is 24.1. The van der Waals surface area contributed by atoms with E-state index in [1.165, 1.54) is 0 Å². The maximum Gasteiger partial charge on any atom is 0.324 e. The van der Waals surface area contributed by atoms with Gasteiger partial charge in [-0.05, 0) is 56.4 Å². The molecule has 0 bridgehead atoms. The number of hydrogen-bond donors (Lipinski definition) is 1. The summed E-state index contributed by atoms with van der Waals surface area (Å²) in [5.41, 5.74) is 3.57. The fraction of sp³-hybridized carbons (Fsp3) is 0.467. The number of nitrogens with one attached hydrogen (secondary N) is 1. The number of urea groups is 2. The molecule has 4 rings (SSSR count). The molecule has 10 nitrogen and oxygen atoms in total. The van der Waals surface area contributed by atoms with Gasteiger partial charge in [-0.15, -0.1) is 0 Å². The molecule has 0 spiro atoms. The molecule has 10 heteroatoms. The van der Waals surface area contributed by atoms with Crippen LogP contribution < -0.4 is 24.3 Å². The monoisotopic (exact) mass is 552 g/mol. The summed E-state index contributed by atoms with van der Waals surface area (Å²) >= 11 is 0. The maximum atomic E-state index is 13.8. The summed E-state index contributed by atoms with van der Waals surface area (Å²) in [5, 5.41) is 2.99. The summed E-state index contributed by atoms with van der Waals surface area (Å²) < 4.78 is 21.9. The highest BCUT2D eigenvalue weighted by Gasteiger charge is 2.29. The third kappa shape index (κ3) is 6.38. The normalized spacial score (nSPS) is 16.1. The molecule has 0 saturated carbocycles. The van der Waals surface area contributed by atoms with Crippen LogP contribution in [0.5, 0.6) is 23.0 Å². The molecule has 2 heterocycles. The van der Waals surface area contributed by atoms with Gasteiger partial charge in [0.1, 0.15) is 23.0 Å². The van der Waals surface area contributed by atoms with Crippen molar-refractivity contribution < 1.29 is 28.5 Å². The molecule has 2 aliphatic rings. The lowest BCUT2D eigenvalue weighted by atomic mass is 10.0. The number of ether oxygens (including phenoxy) is 4. The molecule has 40 heavy (non-hydrogen) atoms. The van der Waals surface area contributed by atoms with Gasteiger partial charge in [0.05, 0.1) is 40.7 Å². The number of methoxy groups -OCH3 is 4. The van der Waals surface area contributed by atoms with E-state index in [1.54, 1.807) is 46.6 Å². The van der Waals surface area contributed by atoms with E-state index in [0.29, 0.717) is 81.3 Å². The quantitative estimate of drug-likeness (QED) is 0.535. The zero-order valence-corrected chi connectivity index (χ0v) is 24.1. The molecule has 2 aromatic carbocycles. The summed E-state index contributed by atoms with van der Waals surface area (Å²) in [6.45, 7) is 4.61. The predicted octanol–water partition coefficient (Wildman–Crippen LogP) is 5.12. The van der Waals surface area contributed by atoms with Gasteiger partial charge in [-0.3, -0.25) is 4.90 Å². The van der Waals surface area contributed by atoms with Gasteiger partial charge in [0.15, 0.2) is 0 Å². The molecule has 2 aromatic rings. The first-order valence-electron chi connectivity index (χ1n) is 13.7. The van der Waals surface area contributed by atoms with Crippen LogP contribution in [0.3, 0.4) is 0 Å². The van der Waals surface area contributed by atoms with Crippen molar-refractivity contribution in [3.63, 3.8) is 0 Å². The first-order chi connectivity index (χ1) is 19.4. The highest BCUT2D eigenvalue weighted by atomic mass is 16.5. The average molecular weight is 553 g/mol. The fourth-order valence-corrected chi connectivity index (χ4v) is 5.26. The molecular formula is C30H40N4O6. The number of fused-ring (bicyclic) bond motifs is 2. The van der Waals surface area contributed by atoms with E-state index in [4.69, 9.17) is 18.9 Å². The number of rotatable bonds is 6. The molecule has 216 valence electrons. The van der Waals surface area contributed by atoms with Crippen molar-refractivity contribution >= 4 is 17.7 Å². The maximum absolute atomic E-state index is 13.8. The average Bonchev–Trinajstić information content (AvgIpc) is 3.17. The number of nitrogens with zero attached hydrogens (tertiary/aromatic N) is 3. The van der Waals surface area contributed by atoms with Gasteiger partial charge >= 0.3 is 12.1 Å². The van der Waals surface area contributed by atoms with Gasteiger partial charge in [0, 0.05) is 49.6 Å². The number of carbonyl (C=O) groups is 2. The van der Waals surface area contributed by atoms with Crippen LogP contribution >= 0.6 is 0 Å². The Kier molecular flexibility index (Phi) is 9.63. The van der Waals surface area contributed by atoms with Crippen molar-refractivity contribution in [2.24, 2.45) is 0 Å². The molecule has 2 aliphatic heterocycles. The smallest absolute Gasteiger partial charge is 0.324 e. The lowest BCUT2D eigenvalue weighted by molar-refractivity contribution is 0.163. The largest absolute Gasteiger partial charge is 0.497 e. The summed E-state index contributed by atoms with van der Waals surface area (Å²) in [4.78, 5) is 32.8. The first kappa shape index (κ1) is 28.9. The van der Waals surface area contributed by atoms with Gasteiger partial charge in [-0.25, -0.2) is 9.59 Å². The Morgan fingerprint density at radius 3 is 2.35 bits per heavy atom. The van der Waals surface area contributed by atoms with Gasteiger partial charge in [-0.2, -0.15) is 0 Å². The van der Waals surface area contributed by atoms with Crippen LogP contribution in [0, 0.1) is 0 Å². The van der Waals surface area contributed by atoms with Crippen LogP contribution in [-0.4, -0.2) is 81.4 Å². The Hall–Kier alpha value is -4.08. The third-order valence-electron chi connectivity index (χ3n) is 7.48. The van der Waals surface area contributed by atoms with Gasteiger partial charge in [-0.1, -0.05) is 6.08 Å². The van der Waals surface area contributed by atoms with E-state index in [0.717, 1.165) is 22.6 Å². The molecule has 0 atom stereocenters. The van der Waals surface area contributed by atoms with E-state index in [1.807, 2.05) is 33.8 Å². The number of allylic oxidation sites excluding steroid dienone is 2. The van der Waals surface area contributed by atoms with Gasteiger partial charge in [0.2, 0.25) is 0 Å². The van der Waals surface area contributed by atoms with Crippen molar-refractivity contribution in [2.75, 3.05) is 59.9 Å². The van der Waals surface area contributed by atoms with Gasteiger partial charge in [0.25, 0.3) is 0 Å². The lowest BCUT2D eigenvalue weighted by Crippen LogP contribution is -2.43. The Bertz CT molecular complexity index is 1250. The minimum Gasteiger partial charge on any atom is -0.497 e. The lowest BCUT2D eigenvalue weighted by Gasteiger charge is -2.31. The minimum absolute atomic E-state index is 0.0256. The number of hydrogen-bond acceptors (Lipinski definition) is 6. The second-order valence-electron chi connectivity index (χ2n) is 9.76. The molecule has 0 radical (unpaired) electrons. The molecule has 0 aliphatic carbocycles. The van der Waals surface area contributed by atoms with E-state index >= 15 is 0 Å². The van der Waals surface area contributed by atoms with E-state index < -0.39 is 0 Å². The highest BCUT2D eigenvalue weighted by molar-refractivity contribution is 5.91. The highest BCUT2D eigenvalue weighted by Crippen LogP contribution is 2.35. The van der Waals surface area contributed by atoms with Crippen molar-refractivity contribution in [3.8, 4) is 23.0 Å². The number of carbonyl (C=O) groups excluding carboxylic acids is 2. The molecule has 4 amide bonds. The van der Waals surface area contributed by atoms with Gasteiger partial charge < -0.3 is 34.1 Å². The van der Waals surface area contributed by atoms with Crippen LogP contribution in [0.4, 0.5) is 15.3 Å². The van der Waals surface area contributed by atoms with Crippen LogP contribution in [-0.2, 0) is 13.0 Å². The molecule has 1 fully saturated rings. The van der Waals surface area contributed by atoms with E-state index in [-0.39, 0.29) is 12.1 Å². The predicted molar refractivity (Wildman–Crippen MR) is 154 cm³/mol. The van der Waals surface area contributed by atoms with Crippen molar-refractivity contribution in [2.45, 2.75) is 39.2 Å². The molecule has 0 aromatic heterocycles. The van der Waals surface area contributed by atoms with E-state index in [2.05, 4.69) is 11.4 Å². The van der Waals surface area contributed by atoms with Crippen LogP contribution in [0.1, 0.15) is 37.3 Å². The number of benzene rings is 2. The molecular weight excluding hydrogens is 512 g/mol. The van der Waals surface area contributed by atoms with Crippen molar-refractivity contribution in [1.29, 1.82) is 0 Å².